The molecule has 2 amide bonds. The van der Waals surface area contributed by atoms with E-state index < -0.39 is 18.1 Å². The van der Waals surface area contributed by atoms with Gasteiger partial charge in [-0.15, -0.1) is 0 Å². The van der Waals surface area contributed by atoms with E-state index in [-0.39, 0.29) is 24.6 Å². The molecule has 12 heteroatoms. The maximum atomic E-state index is 14.3. The van der Waals surface area contributed by atoms with Gasteiger partial charge < -0.3 is 30.2 Å². The van der Waals surface area contributed by atoms with Crippen LogP contribution in [0.1, 0.15) is 45.8 Å². The normalized spacial score (nSPS) is 18.6. The predicted octanol–water partition coefficient (Wildman–Crippen LogP) is 3.99. The van der Waals surface area contributed by atoms with Crippen molar-refractivity contribution in [1.82, 2.24) is 29.0 Å². The summed E-state index contributed by atoms with van der Waals surface area (Å²) in [5.41, 5.74) is 17.3. The van der Waals surface area contributed by atoms with Gasteiger partial charge in [0.1, 0.15) is 28.8 Å². The Kier molecular flexibility index (Phi) is 7.03. The average molecular weight is 611 g/mol. The molecule has 2 atom stereocenters. The van der Waals surface area contributed by atoms with Crippen LogP contribution in [0.4, 0.5) is 4.39 Å². The summed E-state index contributed by atoms with van der Waals surface area (Å²) in [5, 5.41) is 0.964. The number of alkyl halides is 1. The second-order valence-electron chi connectivity index (χ2n) is 12.2. The van der Waals surface area contributed by atoms with E-state index in [9.17, 15) is 14.0 Å². The quantitative estimate of drug-likeness (QED) is 0.283. The number of fused-ring (bicyclic) bond motifs is 2. The summed E-state index contributed by atoms with van der Waals surface area (Å²) in [4.78, 5) is 41.0. The molecule has 1 saturated heterocycles. The highest BCUT2D eigenvalue weighted by molar-refractivity contribution is 6.00. The first-order chi connectivity index (χ1) is 21.6. The molecule has 45 heavy (non-hydrogen) atoms. The molecule has 4 aromatic heterocycles. The Labute approximate surface area is 259 Å². The fraction of sp³-hybridized carbons (Fsp3) is 0.364. The van der Waals surface area contributed by atoms with Crippen LogP contribution in [-0.2, 0) is 13.6 Å². The molecule has 2 fully saturated rings. The van der Waals surface area contributed by atoms with Gasteiger partial charge in [0, 0.05) is 48.4 Å². The zero-order valence-corrected chi connectivity index (χ0v) is 25.5. The van der Waals surface area contributed by atoms with Crippen LogP contribution in [0.15, 0.2) is 42.5 Å². The SMILES string of the molecule is COc1cc(C(=O)N2C[C@H](N)C[C@@H](F)C2)cc2nc(-c3cc4ccc(-c5ccc(C(N)=O)nc5C)nc4n3CC3CC3)n(C)c12. The molecule has 1 saturated carbocycles. The van der Waals surface area contributed by atoms with Crippen molar-refractivity contribution in [1.29, 1.82) is 0 Å². The third-order valence-corrected chi connectivity index (χ3v) is 8.85. The number of carbonyl (C=O) groups excluding carboxylic acids is 2. The third-order valence-electron chi connectivity index (χ3n) is 8.85. The fourth-order valence-electron chi connectivity index (χ4n) is 6.42. The standard InChI is InChI=1S/C33H35FN8O3/c1-17-23(7-9-25(37-17)30(36)43)24-8-6-19-11-27(42(31(19)38-24)14-18-4-5-18)32-39-26-10-20(12-28(45-3)29(26)40(32)2)33(44)41-15-21(34)13-22(35)16-41/h6-12,18,21-22H,4-5,13-16,35H2,1-3H3,(H2,36,43)/t21-,22-/m1/s1. The number of pyridine rings is 2. The van der Waals surface area contributed by atoms with Crippen LogP contribution in [-0.4, -0.2) is 73.2 Å². The first-order valence-corrected chi connectivity index (χ1v) is 15.1. The van der Waals surface area contributed by atoms with Gasteiger partial charge in [0.05, 0.1) is 30.6 Å². The largest absolute Gasteiger partial charge is 0.494 e. The van der Waals surface area contributed by atoms with E-state index >= 15 is 0 Å². The van der Waals surface area contributed by atoms with Gasteiger partial charge in [-0.2, -0.15) is 0 Å². The first kappa shape index (κ1) is 28.9. The number of hydrogen-bond donors (Lipinski definition) is 2. The first-order valence-electron chi connectivity index (χ1n) is 15.1. The number of rotatable bonds is 7. The second kappa shape index (κ2) is 11.0. The van der Waals surface area contributed by atoms with Crippen LogP contribution >= 0.6 is 0 Å². The molecular formula is C33H35FN8O3. The molecule has 1 aliphatic heterocycles. The molecule has 0 spiro atoms. The average Bonchev–Trinajstić information content (AvgIpc) is 3.68. The second-order valence-corrected chi connectivity index (χ2v) is 12.2. The van der Waals surface area contributed by atoms with Gasteiger partial charge in [0.2, 0.25) is 0 Å². The summed E-state index contributed by atoms with van der Waals surface area (Å²) in [6, 6.07) is 12.6. The minimum Gasteiger partial charge on any atom is -0.494 e. The Morgan fingerprint density at radius 1 is 1.07 bits per heavy atom. The maximum absolute atomic E-state index is 14.3. The molecule has 4 N–H and O–H groups in total. The van der Waals surface area contributed by atoms with Crippen molar-refractivity contribution < 1.29 is 18.7 Å². The van der Waals surface area contributed by atoms with Crippen molar-refractivity contribution in [3.8, 4) is 28.5 Å². The van der Waals surface area contributed by atoms with Gasteiger partial charge in [-0.25, -0.2) is 19.3 Å². The Bertz CT molecular complexity index is 1990. The summed E-state index contributed by atoms with van der Waals surface area (Å²) in [6.45, 7) is 2.94. The topological polar surface area (TPSA) is 147 Å². The van der Waals surface area contributed by atoms with E-state index in [0.29, 0.717) is 40.8 Å². The van der Waals surface area contributed by atoms with Gasteiger partial charge in [-0.3, -0.25) is 9.59 Å². The summed E-state index contributed by atoms with van der Waals surface area (Å²) >= 11 is 0. The molecule has 5 aromatic rings. The van der Waals surface area contributed by atoms with Crippen molar-refractivity contribution in [3.63, 3.8) is 0 Å². The minimum absolute atomic E-state index is 0.0154. The number of methoxy groups -OCH3 is 1. The third kappa shape index (κ3) is 5.18. The highest BCUT2D eigenvalue weighted by Crippen LogP contribution is 2.38. The van der Waals surface area contributed by atoms with Crippen molar-refractivity contribution in [2.24, 2.45) is 24.4 Å². The maximum Gasteiger partial charge on any atom is 0.267 e. The lowest BCUT2D eigenvalue weighted by molar-refractivity contribution is 0.0606. The molecule has 0 radical (unpaired) electrons. The number of likely N-dealkylation sites (tertiary alicyclic amines) is 1. The smallest absolute Gasteiger partial charge is 0.267 e. The van der Waals surface area contributed by atoms with Gasteiger partial charge in [0.15, 0.2) is 5.82 Å². The number of imidazole rings is 1. The number of primary amides is 1. The van der Waals surface area contributed by atoms with E-state index in [1.165, 1.54) is 4.90 Å². The van der Waals surface area contributed by atoms with Crippen LogP contribution in [0.2, 0.25) is 0 Å². The van der Waals surface area contributed by atoms with Crippen LogP contribution in [0.3, 0.4) is 0 Å². The van der Waals surface area contributed by atoms with Crippen LogP contribution in [0, 0.1) is 12.8 Å². The number of nitrogens with zero attached hydrogens (tertiary/aromatic N) is 6. The molecule has 0 unspecified atom stereocenters. The van der Waals surface area contributed by atoms with Gasteiger partial charge in [-0.1, -0.05) is 0 Å². The summed E-state index contributed by atoms with van der Waals surface area (Å²) in [7, 11) is 3.49. The van der Waals surface area contributed by atoms with E-state index in [4.69, 9.17) is 26.2 Å². The number of halogens is 1. The number of benzene rings is 1. The molecule has 1 aliphatic carbocycles. The summed E-state index contributed by atoms with van der Waals surface area (Å²) < 4.78 is 24.2. The number of hydrogen-bond acceptors (Lipinski definition) is 7. The molecule has 0 bridgehead atoms. The van der Waals surface area contributed by atoms with Crippen molar-refractivity contribution in [2.45, 2.75) is 44.9 Å². The molecule has 5 heterocycles. The summed E-state index contributed by atoms with van der Waals surface area (Å²) in [5.74, 6) is 0.888. The molecule has 11 nitrogen and oxygen atoms in total. The highest BCUT2D eigenvalue weighted by atomic mass is 19.1. The lowest BCUT2D eigenvalue weighted by Gasteiger charge is -2.33. The van der Waals surface area contributed by atoms with Crippen LogP contribution in [0.25, 0.3) is 44.8 Å². The van der Waals surface area contributed by atoms with E-state index in [0.717, 1.165) is 52.9 Å². The highest BCUT2D eigenvalue weighted by Gasteiger charge is 2.30. The number of aromatic nitrogens is 5. The summed E-state index contributed by atoms with van der Waals surface area (Å²) in [6.07, 6.45) is 1.40. The number of aryl methyl sites for hydroxylation is 2. The Morgan fingerprint density at radius 2 is 1.87 bits per heavy atom. The molecule has 1 aromatic carbocycles. The van der Waals surface area contributed by atoms with E-state index in [1.54, 1.807) is 25.3 Å². The predicted molar refractivity (Wildman–Crippen MR) is 169 cm³/mol. The lowest BCUT2D eigenvalue weighted by atomic mass is 10.0. The van der Waals surface area contributed by atoms with Crippen molar-refractivity contribution in [3.05, 3.63) is 59.4 Å². The Morgan fingerprint density at radius 3 is 2.56 bits per heavy atom. The monoisotopic (exact) mass is 610 g/mol. The number of piperidine rings is 1. The molecular weight excluding hydrogens is 575 g/mol. The van der Waals surface area contributed by atoms with Crippen molar-refractivity contribution >= 4 is 33.9 Å². The van der Waals surface area contributed by atoms with E-state index in [2.05, 4.69) is 15.6 Å². The van der Waals surface area contributed by atoms with Gasteiger partial charge in [-0.05, 0) is 74.6 Å². The zero-order valence-electron chi connectivity index (χ0n) is 25.5. The molecule has 232 valence electrons. The molecule has 7 rings (SSSR count). The Balaban J connectivity index is 1.33. The number of ether oxygens (including phenoxy) is 1. The van der Waals surface area contributed by atoms with Crippen LogP contribution < -0.4 is 16.2 Å². The molecule has 2 aliphatic rings. The van der Waals surface area contributed by atoms with Crippen LogP contribution in [0.5, 0.6) is 5.75 Å². The lowest BCUT2D eigenvalue weighted by Crippen LogP contribution is -2.50. The minimum atomic E-state index is -1.15. The zero-order chi connectivity index (χ0) is 31.6. The van der Waals surface area contributed by atoms with Gasteiger partial charge >= 0.3 is 0 Å². The van der Waals surface area contributed by atoms with Crippen molar-refractivity contribution in [2.75, 3.05) is 20.2 Å². The van der Waals surface area contributed by atoms with E-state index in [1.807, 2.05) is 36.7 Å². The number of nitrogens with two attached hydrogens (primary N) is 2. The number of amides is 2. The number of carbonyl (C=O) groups is 2. The van der Waals surface area contributed by atoms with Gasteiger partial charge in [0.25, 0.3) is 11.8 Å². The fourth-order valence-corrected chi connectivity index (χ4v) is 6.42. The Hall–Kier alpha value is -4.84.